The molecule has 0 radical (unpaired) electrons. The van der Waals surface area contributed by atoms with Crippen LogP contribution in [0.3, 0.4) is 0 Å². The molecule has 0 saturated carbocycles. The minimum atomic E-state index is -1.66. The highest BCUT2D eigenvalue weighted by Crippen LogP contribution is 2.13. The largest absolute Gasteiger partial charge is 0.391 e. The number of nitrogens with one attached hydrogen (secondary N) is 10. The van der Waals surface area contributed by atoms with Crippen LogP contribution in [0.2, 0.25) is 0 Å². The number of hydrogen-bond donors (Lipinski definition) is 17. The molecular weight excluding hydrogens is 991 g/mol. The van der Waals surface area contributed by atoms with Crippen LogP contribution in [0.5, 0.6) is 0 Å². The van der Waals surface area contributed by atoms with Gasteiger partial charge in [-0.2, -0.15) is 0 Å². The zero-order chi connectivity index (χ0) is 56.9. The summed E-state index contributed by atoms with van der Waals surface area (Å²) >= 11 is 0. The fourth-order valence-corrected chi connectivity index (χ4v) is 7.87. The molecule has 0 aromatic heterocycles. The van der Waals surface area contributed by atoms with Gasteiger partial charge in [0.15, 0.2) is 0 Å². The predicted octanol–water partition coefficient (Wildman–Crippen LogP) is -5.57. The third-order valence-electron chi connectivity index (χ3n) is 12.7. The van der Waals surface area contributed by atoms with E-state index in [2.05, 4.69) is 67.0 Å². The molecule has 27 heteroatoms. The van der Waals surface area contributed by atoms with Gasteiger partial charge >= 0.3 is 0 Å². The number of nitrogens with two attached hydrogens (primary N) is 5. The molecule has 2 aliphatic heterocycles. The Labute approximate surface area is 444 Å². The Morgan fingerprint density at radius 3 is 1.72 bits per heavy atom. The van der Waals surface area contributed by atoms with Crippen molar-refractivity contribution in [3.8, 4) is 0 Å². The molecule has 27 nitrogen and oxygen atoms in total. The molecule has 0 fully saturated rings. The summed E-state index contributed by atoms with van der Waals surface area (Å²) in [5, 5.41) is 46.7. The number of rotatable bonds is 25. The number of amides is 10. The molecule has 0 saturated heterocycles. The Hall–Kier alpha value is -6.36. The van der Waals surface area contributed by atoms with E-state index in [0.717, 1.165) is 19.3 Å². The molecule has 11 atom stereocenters. The van der Waals surface area contributed by atoms with E-state index in [-0.39, 0.29) is 83.4 Å². The Kier molecular flexibility index (Phi) is 30.3. The summed E-state index contributed by atoms with van der Waals surface area (Å²) < 4.78 is 0. The number of carbonyl (C=O) groups excluding carboxylic acids is 10. The van der Waals surface area contributed by atoms with Gasteiger partial charge in [0.05, 0.1) is 12.2 Å². The molecule has 0 spiro atoms. The van der Waals surface area contributed by atoms with Gasteiger partial charge in [0.1, 0.15) is 48.3 Å². The van der Waals surface area contributed by atoms with Crippen molar-refractivity contribution in [3.05, 3.63) is 35.4 Å². The summed E-state index contributed by atoms with van der Waals surface area (Å²) in [5.74, 6) is -7.66. The summed E-state index contributed by atoms with van der Waals surface area (Å²) in [5.41, 5.74) is 29.6. The van der Waals surface area contributed by atoms with Crippen LogP contribution in [0.1, 0.15) is 114 Å². The monoisotopic (exact) mass is 1080 g/mol. The van der Waals surface area contributed by atoms with Gasteiger partial charge in [-0.15, -0.1) is 0 Å². The lowest BCUT2D eigenvalue weighted by atomic mass is 10.0. The standard InChI is InChI=1S/C49H85N15O12/c1-5-27(2)8-6-7-9-38(67)57-33(15-21-51)46(73)64-40(29(4)66)49(76)62-35(17-23-53)44(71)61-37-19-25-55-48(75)39(28(3)65)63-47(74)36(18-24-54)60-43(70)34(16-22-52)58-41(68)31-12-10-30(11-13-31)26-56-42(69)32(14-20-50)59-45(37)72/h10-13,27-29,32-37,39-40,65-66H,5-9,14-26,50-54H2,1-4H3,(H,55,75)(H,56,69)(H,57,67)(H,58,68)(H,59,72)(H,60,70)(H,61,71)(H,62,76)(H,63,74)(H,64,73)/t27-,28+,29+,32-,33-,34-,35-,36-,37-,39-,40-/m0/s1. The summed E-state index contributed by atoms with van der Waals surface area (Å²) in [6.45, 7) is 5.74. The van der Waals surface area contributed by atoms with Crippen LogP contribution < -0.4 is 81.8 Å². The average molecular weight is 1080 g/mol. The third-order valence-corrected chi connectivity index (χ3v) is 12.7. The zero-order valence-corrected chi connectivity index (χ0v) is 44.3. The summed E-state index contributed by atoms with van der Waals surface area (Å²) in [7, 11) is 0. The second kappa shape index (κ2) is 35.1. The third kappa shape index (κ3) is 22.9. The first kappa shape index (κ1) is 65.8. The van der Waals surface area contributed by atoms with Crippen LogP contribution >= 0.6 is 0 Å². The van der Waals surface area contributed by atoms with Crippen molar-refractivity contribution >= 4 is 59.1 Å². The smallest absolute Gasteiger partial charge is 0.251 e. The maximum absolute atomic E-state index is 14.2. The van der Waals surface area contributed by atoms with Crippen LogP contribution in [0, 0.1) is 5.92 Å². The molecule has 3 rings (SSSR count). The molecule has 0 unspecified atom stereocenters. The first-order valence-corrected chi connectivity index (χ1v) is 26.1. The quantitative estimate of drug-likeness (QED) is 0.0321. The van der Waals surface area contributed by atoms with Crippen LogP contribution in [-0.2, 0) is 49.7 Å². The highest BCUT2D eigenvalue weighted by atomic mass is 16.3. The van der Waals surface area contributed by atoms with Crippen molar-refractivity contribution in [1.82, 2.24) is 53.2 Å². The van der Waals surface area contributed by atoms with Gasteiger partial charge in [-0.3, -0.25) is 47.9 Å². The Bertz CT molecular complexity index is 2060. The topological polar surface area (TPSA) is 462 Å². The van der Waals surface area contributed by atoms with Gasteiger partial charge in [0.25, 0.3) is 5.91 Å². The number of unbranched alkanes of at least 4 members (excludes halogenated alkanes) is 1. The number of benzene rings is 1. The van der Waals surface area contributed by atoms with Gasteiger partial charge < -0.3 is 92.0 Å². The maximum atomic E-state index is 14.2. The summed E-state index contributed by atoms with van der Waals surface area (Å²) in [6.07, 6.45) is -0.402. The highest BCUT2D eigenvalue weighted by Gasteiger charge is 2.36. The molecule has 2 bridgehead atoms. The highest BCUT2D eigenvalue weighted by molar-refractivity contribution is 5.99. The molecule has 1 aromatic rings. The van der Waals surface area contributed by atoms with Gasteiger partial charge in [0, 0.05) is 25.1 Å². The summed E-state index contributed by atoms with van der Waals surface area (Å²) in [4.78, 5) is 136. The van der Waals surface area contributed by atoms with E-state index in [4.69, 9.17) is 28.7 Å². The maximum Gasteiger partial charge on any atom is 0.251 e. The number of carbonyl (C=O) groups is 10. The SMILES string of the molecule is CC[C@H](C)CCCCC(=O)N[C@@H](CCN)C(=O)N[C@H](C(=O)N[C@@H](CCN)C(=O)N[C@H]1CCNC(=O)[C@H]([C@@H](C)O)NC(=O)[C@H](CCN)NC(=O)[C@H](CCN)NC(=O)c2ccc(cc2)CNC(=O)[C@H](CCN)NC1=O)[C@@H](C)O. The van der Waals surface area contributed by atoms with Crippen molar-refractivity contribution in [2.45, 2.75) is 165 Å². The van der Waals surface area contributed by atoms with Crippen LogP contribution in [0.25, 0.3) is 0 Å². The van der Waals surface area contributed by atoms with Gasteiger partial charge in [-0.25, -0.2) is 0 Å². The zero-order valence-electron chi connectivity index (χ0n) is 44.3. The van der Waals surface area contributed by atoms with E-state index in [9.17, 15) is 58.2 Å². The van der Waals surface area contributed by atoms with Crippen LogP contribution in [-0.4, -0.2) is 169 Å². The van der Waals surface area contributed by atoms with E-state index in [1.165, 1.54) is 26.0 Å². The number of aliphatic hydroxyl groups is 2. The molecule has 22 N–H and O–H groups in total. The van der Waals surface area contributed by atoms with Gasteiger partial charge in [-0.05, 0) is 115 Å². The molecule has 0 aliphatic carbocycles. The van der Waals surface area contributed by atoms with Crippen molar-refractivity contribution < 1.29 is 58.2 Å². The molecule has 2 aliphatic rings. The molecule has 1 aromatic carbocycles. The number of aliphatic hydroxyl groups excluding tert-OH is 2. The van der Waals surface area contributed by atoms with E-state index in [0.29, 0.717) is 17.9 Å². The Morgan fingerprint density at radius 1 is 0.618 bits per heavy atom. The summed E-state index contributed by atoms with van der Waals surface area (Å²) in [6, 6.07) is -5.37. The van der Waals surface area contributed by atoms with Crippen molar-refractivity contribution in [3.63, 3.8) is 0 Å². The number of fused-ring (bicyclic) bond motifs is 21. The first-order valence-electron chi connectivity index (χ1n) is 26.1. The van der Waals surface area contributed by atoms with E-state index >= 15 is 0 Å². The lowest BCUT2D eigenvalue weighted by Crippen LogP contribution is -2.61. The first-order chi connectivity index (χ1) is 36.1. The molecular formula is C49H85N15O12. The lowest BCUT2D eigenvalue weighted by molar-refractivity contribution is -0.136. The Morgan fingerprint density at radius 2 is 1.17 bits per heavy atom. The van der Waals surface area contributed by atoms with Crippen molar-refractivity contribution in [2.24, 2.45) is 34.6 Å². The molecule has 76 heavy (non-hydrogen) atoms. The predicted molar refractivity (Wildman–Crippen MR) is 280 cm³/mol. The molecule has 10 amide bonds. The van der Waals surface area contributed by atoms with Crippen molar-refractivity contribution in [1.29, 1.82) is 0 Å². The van der Waals surface area contributed by atoms with E-state index in [1.807, 2.05) is 0 Å². The average Bonchev–Trinajstić information content (AvgIpc) is 3.38. The second-order valence-electron chi connectivity index (χ2n) is 19.0. The number of hydrogen-bond acceptors (Lipinski definition) is 17. The van der Waals surface area contributed by atoms with Crippen LogP contribution in [0.4, 0.5) is 0 Å². The fourth-order valence-electron chi connectivity index (χ4n) is 7.87. The molecule has 428 valence electrons. The fraction of sp³-hybridized carbons (Fsp3) is 0.673. The van der Waals surface area contributed by atoms with Gasteiger partial charge in [-0.1, -0.05) is 45.2 Å². The van der Waals surface area contributed by atoms with E-state index in [1.54, 1.807) is 12.1 Å². The lowest BCUT2D eigenvalue weighted by Gasteiger charge is -2.28. The van der Waals surface area contributed by atoms with Gasteiger partial charge in [0.2, 0.25) is 53.2 Å². The second-order valence-corrected chi connectivity index (χ2v) is 19.0. The Balaban J connectivity index is 2.48. The normalized spacial score (nSPS) is 21.8. The van der Waals surface area contributed by atoms with Crippen LogP contribution in [0.15, 0.2) is 24.3 Å². The minimum Gasteiger partial charge on any atom is -0.391 e. The minimum absolute atomic E-state index is 0.00307. The molecule has 2 heterocycles. The van der Waals surface area contributed by atoms with E-state index < -0.39 is 133 Å². The van der Waals surface area contributed by atoms with Crippen molar-refractivity contribution in [2.75, 3.05) is 39.3 Å².